The van der Waals surface area contributed by atoms with Crippen molar-refractivity contribution in [2.45, 2.75) is 13.5 Å². The van der Waals surface area contributed by atoms with Gasteiger partial charge in [0.2, 0.25) is 0 Å². The van der Waals surface area contributed by atoms with E-state index in [2.05, 4.69) is 5.10 Å². The van der Waals surface area contributed by atoms with Gasteiger partial charge in [0.15, 0.2) is 11.6 Å². The van der Waals surface area contributed by atoms with Gasteiger partial charge < -0.3 is 10.5 Å². The van der Waals surface area contributed by atoms with Crippen LogP contribution in [-0.2, 0) is 13.7 Å². The molecule has 2 rings (SSSR count). The zero-order valence-electron chi connectivity index (χ0n) is 10.1. The number of nitrogens with zero attached hydrogens (tertiary/aromatic N) is 2. The van der Waals surface area contributed by atoms with Crippen molar-refractivity contribution in [3.63, 3.8) is 0 Å². The van der Waals surface area contributed by atoms with E-state index in [1.807, 2.05) is 0 Å². The monoisotopic (exact) mass is 269 g/mol. The molecular formula is C12H13ClFN3O. The van der Waals surface area contributed by atoms with E-state index in [-0.39, 0.29) is 18.0 Å². The number of nitrogen functional groups attached to an aromatic ring is 1. The fraction of sp³-hybridized carbons (Fsp3) is 0.250. The SMILES string of the molecule is Cc1nn(C)c(COc2c(N)cccc2F)c1Cl. The number of hydrogen-bond acceptors (Lipinski definition) is 3. The largest absolute Gasteiger partial charge is 0.482 e. The molecular weight excluding hydrogens is 257 g/mol. The zero-order valence-corrected chi connectivity index (χ0v) is 10.8. The molecule has 0 aliphatic heterocycles. The number of halogens is 2. The molecule has 0 aliphatic rings. The van der Waals surface area contributed by atoms with E-state index < -0.39 is 5.82 Å². The molecule has 0 radical (unpaired) electrons. The molecule has 0 bridgehead atoms. The van der Waals surface area contributed by atoms with Gasteiger partial charge in [0, 0.05) is 7.05 Å². The molecule has 1 aromatic carbocycles. The molecule has 0 saturated heterocycles. The summed E-state index contributed by atoms with van der Waals surface area (Å²) in [6, 6.07) is 4.40. The van der Waals surface area contributed by atoms with Gasteiger partial charge in [0.1, 0.15) is 6.61 Å². The van der Waals surface area contributed by atoms with Crippen LogP contribution in [0.1, 0.15) is 11.4 Å². The van der Waals surface area contributed by atoms with E-state index in [4.69, 9.17) is 22.1 Å². The van der Waals surface area contributed by atoms with Gasteiger partial charge in [-0.15, -0.1) is 0 Å². The van der Waals surface area contributed by atoms with Crippen LogP contribution in [0.25, 0.3) is 0 Å². The first-order chi connectivity index (χ1) is 8.50. The highest BCUT2D eigenvalue weighted by Gasteiger charge is 2.14. The number of ether oxygens (including phenoxy) is 1. The molecule has 0 fully saturated rings. The van der Waals surface area contributed by atoms with E-state index in [0.717, 1.165) is 0 Å². The molecule has 0 atom stereocenters. The Balaban J connectivity index is 2.22. The summed E-state index contributed by atoms with van der Waals surface area (Å²) < 4.78 is 20.5. The Labute approximate surface area is 109 Å². The fourth-order valence-corrected chi connectivity index (χ4v) is 1.87. The van der Waals surface area contributed by atoms with Crippen molar-refractivity contribution >= 4 is 17.3 Å². The minimum absolute atomic E-state index is 0.0346. The van der Waals surface area contributed by atoms with E-state index in [1.165, 1.54) is 12.1 Å². The minimum atomic E-state index is -0.495. The van der Waals surface area contributed by atoms with Crippen LogP contribution in [-0.4, -0.2) is 9.78 Å². The van der Waals surface area contributed by atoms with E-state index >= 15 is 0 Å². The zero-order chi connectivity index (χ0) is 13.3. The number of benzene rings is 1. The Bertz CT molecular complexity index is 563. The highest BCUT2D eigenvalue weighted by molar-refractivity contribution is 6.31. The molecule has 0 amide bonds. The average molecular weight is 270 g/mol. The van der Waals surface area contributed by atoms with Gasteiger partial charge in [-0.3, -0.25) is 4.68 Å². The lowest BCUT2D eigenvalue weighted by Crippen LogP contribution is -2.06. The maximum absolute atomic E-state index is 13.5. The Kier molecular flexibility index (Phi) is 3.43. The molecule has 0 spiro atoms. The van der Waals surface area contributed by atoms with Crippen molar-refractivity contribution in [2.24, 2.45) is 7.05 Å². The van der Waals surface area contributed by atoms with Crippen molar-refractivity contribution < 1.29 is 9.13 Å². The third-order valence-electron chi connectivity index (χ3n) is 2.61. The fourth-order valence-electron chi connectivity index (χ4n) is 1.66. The summed E-state index contributed by atoms with van der Waals surface area (Å²) >= 11 is 6.07. The molecule has 18 heavy (non-hydrogen) atoms. The quantitative estimate of drug-likeness (QED) is 0.872. The van der Waals surface area contributed by atoms with Gasteiger partial charge in [0.25, 0.3) is 0 Å². The number of nitrogens with two attached hydrogens (primary N) is 1. The highest BCUT2D eigenvalue weighted by Crippen LogP contribution is 2.27. The Morgan fingerprint density at radius 1 is 1.50 bits per heavy atom. The molecule has 0 unspecified atom stereocenters. The number of rotatable bonds is 3. The summed E-state index contributed by atoms with van der Waals surface area (Å²) in [5.74, 6) is -0.461. The van der Waals surface area contributed by atoms with Crippen LogP contribution in [0.5, 0.6) is 5.75 Å². The second-order valence-electron chi connectivity index (χ2n) is 3.92. The van der Waals surface area contributed by atoms with Crippen molar-refractivity contribution in [2.75, 3.05) is 5.73 Å². The predicted molar refractivity (Wildman–Crippen MR) is 68.1 cm³/mol. The van der Waals surface area contributed by atoms with Crippen LogP contribution >= 0.6 is 11.6 Å². The van der Waals surface area contributed by atoms with Crippen molar-refractivity contribution in [3.8, 4) is 5.75 Å². The smallest absolute Gasteiger partial charge is 0.178 e. The van der Waals surface area contributed by atoms with Crippen molar-refractivity contribution in [1.29, 1.82) is 0 Å². The van der Waals surface area contributed by atoms with E-state index in [1.54, 1.807) is 24.7 Å². The molecule has 0 saturated carbocycles. The molecule has 2 aromatic rings. The summed E-state index contributed by atoms with van der Waals surface area (Å²) in [6.07, 6.45) is 0. The molecule has 0 aliphatic carbocycles. The lowest BCUT2D eigenvalue weighted by Gasteiger charge is -2.10. The van der Waals surface area contributed by atoms with Crippen LogP contribution < -0.4 is 10.5 Å². The highest BCUT2D eigenvalue weighted by atomic mass is 35.5. The Morgan fingerprint density at radius 3 is 2.78 bits per heavy atom. The molecule has 1 heterocycles. The van der Waals surface area contributed by atoms with E-state index in [9.17, 15) is 4.39 Å². The third kappa shape index (κ3) is 2.26. The number of aromatic nitrogens is 2. The number of aryl methyl sites for hydroxylation is 2. The maximum Gasteiger partial charge on any atom is 0.178 e. The normalized spacial score (nSPS) is 10.7. The molecule has 6 heteroatoms. The molecule has 4 nitrogen and oxygen atoms in total. The predicted octanol–water partition coefficient (Wildman–Crippen LogP) is 2.68. The molecule has 1 aromatic heterocycles. The standard InChI is InChI=1S/C12H13ClFN3O/c1-7-11(13)10(17(2)16-7)6-18-12-8(14)4-3-5-9(12)15/h3-5H,6,15H2,1-2H3. The van der Waals surface area contributed by atoms with Gasteiger partial charge in [-0.25, -0.2) is 4.39 Å². The van der Waals surface area contributed by atoms with Crippen LogP contribution in [0.4, 0.5) is 10.1 Å². The molecule has 2 N–H and O–H groups in total. The van der Waals surface area contributed by atoms with Gasteiger partial charge in [-0.1, -0.05) is 17.7 Å². The minimum Gasteiger partial charge on any atom is -0.482 e. The number of para-hydroxylation sites is 1. The van der Waals surface area contributed by atoms with Crippen molar-refractivity contribution in [3.05, 3.63) is 40.4 Å². The summed E-state index contributed by atoms with van der Waals surface area (Å²) in [6.45, 7) is 1.91. The second-order valence-corrected chi connectivity index (χ2v) is 4.29. The average Bonchev–Trinajstić information content (AvgIpc) is 2.54. The second kappa shape index (κ2) is 4.86. The third-order valence-corrected chi connectivity index (χ3v) is 3.10. The summed E-state index contributed by atoms with van der Waals surface area (Å²) in [5, 5.41) is 4.67. The van der Waals surface area contributed by atoms with Crippen molar-refractivity contribution in [1.82, 2.24) is 9.78 Å². The summed E-state index contributed by atoms with van der Waals surface area (Å²) in [4.78, 5) is 0. The first kappa shape index (κ1) is 12.7. The van der Waals surface area contributed by atoms with Crippen LogP contribution in [0.15, 0.2) is 18.2 Å². The van der Waals surface area contributed by atoms with Gasteiger partial charge >= 0.3 is 0 Å². The summed E-state index contributed by atoms with van der Waals surface area (Å²) in [7, 11) is 1.75. The molecule has 96 valence electrons. The van der Waals surface area contributed by atoms with Crippen LogP contribution in [0, 0.1) is 12.7 Å². The number of anilines is 1. The summed E-state index contributed by atoms with van der Waals surface area (Å²) in [5.41, 5.74) is 7.29. The first-order valence-corrected chi connectivity index (χ1v) is 5.73. The topological polar surface area (TPSA) is 53.1 Å². The lowest BCUT2D eigenvalue weighted by molar-refractivity contribution is 0.282. The number of hydrogen-bond donors (Lipinski definition) is 1. The first-order valence-electron chi connectivity index (χ1n) is 5.35. The maximum atomic E-state index is 13.5. The van der Waals surface area contributed by atoms with E-state index in [0.29, 0.717) is 16.4 Å². The lowest BCUT2D eigenvalue weighted by atomic mass is 10.3. The van der Waals surface area contributed by atoms with Gasteiger partial charge in [0.05, 0.1) is 22.1 Å². The van der Waals surface area contributed by atoms with Gasteiger partial charge in [-0.05, 0) is 19.1 Å². The van der Waals surface area contributed by atoms with Gasteiger partial charge in [-0.2, -0.15) is 5.10 Å². The Morgan fingerprint density at radius 2 is 2.22 bits per heavy atom. The Hall–Kier alpha value is -1.75. The van der Waals surface area contributed by atoms with Crippen LogP contribution in [0.3, 0.4) is 0 Å². The van der Waals surface area contributed by atoms with Crippen LogP contribution in [0.2, 0.25) is 5.02 Å².